The molecule has 0 aliphatic rings. The van der Waals surface area contributed by atoms with Gasteiger partial charge in [-0.3, -0.25) is 4.79 Å². The third kappa shape index (κ3) is 4.66. The standard InChI is InChI=1S/C18H18FN3O3S/c1-26(24,25)11-12-2-4-13(5-3-12)18(23)20-9-8-17-21-15-7-6-14(19)10-16(15)22-17/h2-7,10H,8-9,11H2,1H3,(H,20,23)(H,21,22). The molecule has 0 unspecified atom stereocenters. The highest BCUT2D eigenvalue weighted by molar-refractivity contribution is 7.89. The fourth-order valence-corrected chi connectivity index (χ4v) is 3.40. The molecule has 0 spiro atoms. The number of nitrogens with one attached hydrogen (secondary N) is 2. The second kappa shape index (κ2) is 7.25. The zero-order valence-electron chi connectivity index (χ0n) is 14.1. The molecule has 6 nitrogen and oxygen atoms in total. The highest BCUT2D eigenvalue weighted by atomic mass is 32.2. The fourth-order valence-electron chi connectivity index (χ4n) is 2.60. The minimum Gasteiger partial charge on any atom is -0.352 e. The van der Waals surface area contributed by atoms with Crippen molar-refractivity contribution in [1.82, 2.24) is 15.3 Å². The van der Waals surface area contributed by atoms with E-state index in [4.69, 9.17) is 0 Å². The lowest BCUT2D eigenvalue weighted by Gasteiger charge is -2.05. The summed E-state index contributed by atoms with van der Waals surface area (Å²) < 4.78 is 35.7. The maximum atomic E-state index is 13.2. The van der Waals surface area contributed by atoms with E-state index in [0.29, 0.717) is 41.0 Å². The summed E-state index contributed by atoms with van der Waals surface area (Å²) in [7, 11) is -3.10. The number of amides is 1. The van der Waals surface area contributed by atoms with Crippen molar-refractivity contribution in [2.75, 3.05) is 12.8 Å². The SMILES string of the molecule is CS(=O)(=O)Cc1ccc(C(=O)NCCc2nc3ccc(F)cc3[nH]2)cc1. The molecule has 3 aromatic rings. The minimum atomic E-state index is -3.10. The summed E-state index contributed by atoms with van der Waals surface area (Å²) >= 11 is 0. The van der Waals surface area contributed by atoms with Crippen molar-refractivity contribution in [3.63, 3.8) is 0 Å². The van der Waals surface area contributed by atoms with Gasteiger partial charge >= 0.3 is 0 Å². The zero-order chi connectivity index (χ0) is 18.7. The third-order valence-electron chi connectivity index (χ3n) is 3.79. The molecule has 2 N–H and O–H groups in total. The number of H-pyrrole nitrogens is 1. The first kappa shape index (κ1) is 18.1. The van der Waals surface area contributed by atoms with Crippen LogP contribution in [0.4, 0.5) is 4.39 Å². The van der Waals surface area contributed by atoms with Gasteiger partial charge < -0.3 is 10.3 Å². The van der Waals surface area contributed by atoms with Gasteiger partial charge in [0.25, 0.3) is 5.91 Å². The molecule has 0 atom stereocenters. The van der Waals surface area contributed by atoms with Gasteiger partial charge in [-0.15, -0.1) is 0 Å². The topological polar surface area (TPSA) is 91.9 Å². The number of hydrogen-bond donors (Lipinski definition) is 2. The highest BCUT2D eigenvalue weighted by Crippen LogP contribution is 2.13. The van der Waals surface area contributed by atoms with Crippen LogP contribution in [-0.2, 0) is 22.0 Å². The van der Waals surface area contributed by atoms with E-state index in [-0.39, 0.29) is 17.5 Å². The van der Waals surface area contributed by atoms with Crippen LogP contribution in [-0.4, -0.2) is 37.1 Å². The normalized spacial score (nSPS) is 11.6. The van der Waals surface area contributed by atoms with Crippen LogP contribution in [0, 0.1) is 5.82 Å². The quantitative estimate of drug-likeness (QED) is 0.691. The third-order valence-corrected chi connectivity index (χ3v) is 4.64. The van der Waals surface area contributed by atoms with Crippen LogP contribution in [0.3, 0.4) is 0 Å². The molecule has 3 rings (SSSR count). The fraction of sp³-hybridized carbons (Fsp3) is 0.222. The van der Waals surface area contributed by atoms with Crippen LogP contribution in [0.2, 0.25) is 0 Å². The molecule has 2 aromatic carbocycles. The van der Waals surface area contributed by atoms with Gasteiger partial charge in [0, 0.05) is 24.8 Å². The monoisotopic (exact) mass is 375 g/mol. The molecule has 0 aliphatic carbocycles. The van der Waals surface area contributed by atoms with E-state index in [9.17, 15) is 17.6 Å². The van der Waals surface area contributed by atoms with E-state index in [0.717, 1.165) is 0 Å². The summed E-state index contributed by atoms with van der Waals surface area (Å²) in [4.78, 5) is 19.5. The molecule has 1 aromatic heterocycles. The van der Waals surface area contributed by atoms with Gasteiger partial charge in [-0.25, -0.2) is 17.8 Å². The Labute approximate surface area is 150 Å². The summed E-state index contributed by atoms with van der Waals surface area (Å²) in [5.74, 6) is 0.0226. The first-order valence-electron chi connectivity index (χ1n) is 7.99. The molecule has 0 saturated heterocycles. The van der Waals surface area contributed by atoms with Crippen LogP contribution in [0.25, 0.3) is 11.0 Å². The molecule has 1 heterocycles. The second-order valence-electron chi connectivity index (χ2n) is 6.12. The van der Waals surface area contributed by atoms with Crippen LogP contribution >= 0.6 is 0 Å². The molecule has 8 heteroatoms. The smallest absolute Gasteiger partial charge is 0.251 e. The van der Waals surface area contributed by atoms with E-state index in [1.54, 1.807) is 30.3 Å². The van der Waals surface area contributed by atoms with Crippen LogP contribution < -0.4 is 5.32 Å². The van der Waals surface area contributed by atoms with E-state index in [2.05, 4.69) is 15.3 Å². The number of rotatable bonds is 6. The van der Waals surface area contributed by atoms with Crippen molar-refractivity contribution >= 4 is 26.8 Å². The first-order chi connectivity index (χ1) is 12.3. The predicted molar refractivity (Wildman–Crippen MR) is 97.1 cm³/mol. The Kier molecular flexibility index (Phi) is 5.03. The first-order valence-corrected chi connectivity index (χ1v) is 10.1. The molecule has 0 radical (unpaired) electrons. The van der Waals surface area contributed by atoms with Crippen molar-refractivity contribution < 1.29 is 17.6 Å². The Morgan fingerprint density at radius 2 is 1.92 bits per heavy atom. The van der Waals surface area contributed by atoms with Gasteiger partial charge in [0.15, 0.2) is 9.84 Å². The molecular formula is C18H18FN3O3S. The molecule has 0 aliphatic heterocycles. The Balaban J connectivity index is 1.56. The maximum Gasteiger partial charge on any atom is 0.251 e. The van der Waals surface area contributed by atoms with Gasteiger partial charge in [-0.2, -0.15) is 0 Å². The summed E-state index contributed by atoms with van der Waals surface area (Å²) in [6.07, 6.45) is 1.65. The van der Waals surface area contributed by atoms with E-state index in [1.165, 1.54) is 18.4 Å². The number of imidazole rings is 1. The lowest BCUT2D eigenvalue weighted by Crippen LogP contribution is -2.25. The van der Waals surface area contributed by atoms with Crippen molar-refractivity contribution in [3.8, 4) is 0 Å². The Morgan fingerprint density at radius 3 is 2.62 bits per heavy atom. The number of sulfone groups is 1. The van der Waals surface area contributed by atoms with E-state index in [1.807, 2.05) is 0 Å². The summed E-state index contributed by atoms with van der Waals surface area (Å²) in [5.41, 5.74) is 2.38. The predicted octanol–water partition coefficient (Wildman–Crippen LogP) is 2.22. The van der Waals surface area contributed by atoms with Crippen molar-refractivity contribution in [3.05, 3.63) is 65.2 Å². The number of carbonyl (C=O) groups excluding carboxylic acids is 1. The van der Waals surface area contributed by atoms with E-state index >= 15 is 0 Å². The lowest BCUT2D eigenvalue weighted by molar-refractivity contribution is 0.0954. The molecular weight excluding hydrogens is 357 g/mol. The number of aromatic nitrogens is 2. The number of fused-ring (bicyclic) bond motifs is 1. The average Bonchev–Trinajstić information content (AvgIpc) is 2.95. The van der Waals surface area contributed by atoms with Crippen LogP contribution in [0.15, 0.2) is 42.5 Å². The molecule has 0 fully saturated rings. The van der Waals surface area contributed by atoms with E-state index < -0.39 is 9.84 Å². The molecule has 136 valence electrons. The van der Waals surface area contributed by atoms with Crippen molar-refractivity contribution in [1.29, 1.82) is 0 Å². The van der Waals surface area contributed by atoms with Crippen LogP contribution in [0.1, 0.15) is 21.7 Å². The molecule has 26 heavy (non-hydrogen) atoms. The number of aromatic amines is 1. The zero-order valence-corrected chi connectivity index (χ0v) is 14.9. The summed E-state index contributed by atoms with van der Waals surface area (Å²) in [5, 5.41) is 2.78. The van der Waals surface area contributed by atoms with Gasteiger partial charge in [0.1, 0.15) is 11.6 Å². The molecule has 1 amide bonds. The van der Waals surface area contributed by atoms with Gasteiger partial charge in [0.05, 0.1) is 16.8 Å². The summed E-state index contributed by atoms with van der Waals surface area (Å²) in [6.45, 7) is 0.367. The lowest BCUT2D eigenvalue weighted by atomic mass is 10.1. The highest BCUT2D eigenvalue weighted by Gasteiger charge is 2.09. The number of benzene rings is 2. The number of carbonyl (C=O) groups is 1. The van der Waals surface area contributed by atoms with Crippen LogP contribution in [0.5, 0.6) is 0 Å². The summed E-state index contributed by atoms with van der Waals surface area (Å²) in [6, 6.07) is 10.8. The number of hydrogen-bond acceptors (Lipinski definition) is 4. The minimum absolute atomic E-state index is 0.0540. The maximum absolute atomic E-state index is 13.2. The number of nitrogens with zero attached hydrogens (tertiary/aromatic N) is 1. The largest absolute Gasteiger partial charge is 0.352 e. The average molecular weight is 375 g/mol. The van der Waals surface area contributed by atoms with Gasteiger partial charge in [0.2, 0.25) is 0 Å². The van der Waals surface area contributed by atoms with Crippen molar-refractivity contribution in [2.24, 2.45) is 0 Å². The Hall–Kier alpha value is -2.74. The second-order valence-corrected chi connectivity index (χ2v) is 8.26. The molecule has 0 saturated carbocycles. The van der Waals surface area contributed by atoms with Gasteiger partial charge in [-0.05, 0) is 35.9 Å². The molecule has 0 bridgehead atoms. The Bertz CT molecular complexity index is 1040. The van der Waals surface area contributed by atoms with Crippen molar-refractivity contribution in [2.45, 2.75) is 12.2 Å². The van der Waals surface area contributed by atoms with Gasteiger partial charge in [-0.1, -0.05) is 12.1 Å². The Morgan fingerprint density at radius 1 is 1.19 bits per heavy atom. The number of halogens is 1.